The molecule has 39 heavy (non-hydrogen) atoms. The zero-order chi connectivity index (χ0) is 27.6. The van der Waals surface area contributed by atoms with Gasteiger partial charge in [0.2, 0.25) is 5.91 Å². The first-order chi connectivity index (χ1) is 17.7. The van der Waals surface area contributed by atoms with Gasteiger partial charge >= 0.3 is 65.1 Å². The van der Waals surface area contributed by atoms with E-state index in [1.807, 2.05) is 0 Å². The van der Waals surface area contributed by atoms with Gasteiger partial charge in [-0.15, -0.1) is 0 Å². The van der Waals surface area contributed by atoms with Crippen molar-refractivity contribution in [1.29, 1.82) is 0 Å². The zero-order valence-corrected chi connectivity index (χ0v) is 29.9. The molecule has 1 amide bonds. The summed E-state index contributed by atoms with van der Waals surface area (Å²) in [5.74, 6) is -0.444. The molecule has 0 unspecified atom stereocenters. The van der Waals surface area contributed by atoms with Crippen LogP contribution in [-0.2, 0) is 32.9 Å². The normalized spacial score (nSPS) is 11.8. The van der Waals surface area contributed by atoms with Gasteiger partial charge in [-0.1, -0.05) is 84.0 Å². The van der Waals surface area contributed by atoms with E-state index in [1.54, 1.807) is 0 Å². The molecule has 0 saturated carbocycles. The molecule has 0 aromatic carbocycles. The average molecular weight is 598 g/mol. The number of hydrogen-bond acceptors (Lipinski definition) is 9. The molecule has 0 aliphatic heterocycles. The predicted octanol–water partition coefficient (Wildman–Crippen LogP) is -1.86. The monoisotopic (exact) mass is 597 g/mol. The summed E-state index contributed by atoms with van der Waals surface area (Å²) in [5.41, 5.74) is 0. The number of carbonyl (C=O) groups excluding carboxylic acids is 2. The van der Waals surface area contributed by atoms with Gasteiger partial charge in [-0.05, 0) is 19.3 Å². The number of rotatable bonds is 27. The maximum Gasteiger partial charge on any atom is 1.00 e. The summed E-state index contributed by atoms with van der Waals surface area (Å²) in [6, 6.07) is 0. The molecule has 0 radical (unpaired) electrons. The fraction of sp³-hybridized carbons (Fsp3) is 0.923. The van der Waals surface area contributed by atoms with E-state index in [4.69, 9.17) is 14.2 Å². The Hall–Kier alpha value is 0.970. The van der Waals surface area contributed by atoms with Crippen LogP contribution in [0.25, 0.3) is 0 Å². The summed E-state index contributed by atoms with van der Waals surface area (Å²) < 4.78 is 31.1. The minimum absolute atomic E-state index is 0. The topological polar surface area (TPSA) is 146 Å². The first-order valence-corrected chi connectivity index (χ1v) is 15.5. The van der Waals surface area contributed by atoms with Crippen molar-refractivity contribution in [3.63, 3.8) is 0 Å². The number of hydrogen-bond donors (Lipinski definition) is 1. The van der Waals surface area contributed by atoms with Crippen molar-refractivity contribution in [2.24, 2.45) is 0 Å². The minimum Gasteiger partial charge on any atom is -0.790 e. The molecule has 0 aromatic rings. The first kappa shape index (κ1) is 44.4. The molecule has 1 atom stereocenters. The standard InChI is InChI=1S/C26H52NO9P.2Na/c1-3-4-5-6-9-12-15-18-26(29)36-25(22-35-37(30,31)32)21-34-23-33-20-17-14-11-8-7-10-13-16-19-27-24(2)28;;/h25H,3-23H2,1-2H3,(H,27,28)(H2,30,31,32);;/q;2*+1/p-2/t25-;;/m1../s1. The molecular formula is C26H50NNa2O9P. The summed E-state index contributed by atoms with van der Waals surface area (Å²) in [6.07, 6.45) is 15.5. The second-order valence-electron chi connectivity index (χ2n) is 9.43. The number of phosphoric acid groups is 1. The summed E-state index contributed by atoms with van der Waals surface area (Å²) >= 11 is 0. The third-order valence-electron chi connectivity index (χ3n) is 5.76. The van der Waals surface area contributed by atoms with E-state index in [2.05, 4.69) is 16.8 Å². The van der Waals surface area contributed by atoms with E-state index in [0.717, 1.165) is 57.9 Å². The van der Waals surface area contributed by atoms with E-state index in [1.165, 1.54) is 45.4 Å². The molecule has 0 spiro atoms. The summed E-state index contributed by atoms with van der Waals surface area (Å²) in [7, 11) is -5.17. The van der Waals surface area contributed by atoms with Gasteiger partial charge in [0, 0.05) is 26.5 Å². The molecule has 0 fully saturated rings. The third kappa shape index (κ3) is 36.9. The molecule has 10 nitrogen and oxygen atoms in total. The van der Waals surface area contributed by atoms with Gasteiger partial charge in [0.25, 0.3) is 0 Å². The third-order valence-corrected chi connectivity index (χ3v) is 6.23. The second kappa shape index (κ2) is 31.9. The number of nitrogens with one attached hydrogen (secondary N) is 1. The summed E-state index contributed by atoms with van der Waals surface area (Å²) in [4.78, 5) is 44.4. The Kier molecular flexibility index (Phi) is 36.3. The number of esters is 1. The molecule has 0 rings (SSSR count). The van der Waals surface area contributed by atoms with Crippen LogP contribution in [0, 0.1) is 0 Å². The van der Waals surface area contributed by atoms with Crippen molar-refractivity contribution in [3.8, 4) is 0 Å². The number of amides is 1. The molecule has 0 bridgehead atoms. The number of ether oxygens (including phenoxy) is 3. The fourth-order valence-electron chi connectivity index (χ4n) is 3.71. The van der Waals surface area contributed by atoms with Crippen molar-refractivity contribution in [1.82, 2.24) is 5.32 Å². The molecule has 220 valence electrons. The Labute approximate surface area is 280 Å². The van der Waals surface area contributed by atoms with Gasteiger partial charge in [-0.2, -0.15) is 0 Å². The van der Waals surface area contributed by atoms with Crippen molar-refractivity contribution in [2.75, 3.05) is 33.2 Å². The van der Waals surface area contributed by atoms with Crippen LogP contribution in [0.3, 0.4) is 0 Å². The van der Waals surface area contributed by atoms with Gasteiger partial charge in [0.05, 0.1) is 21.0 Å². The minimum atomic E-state index is -5.17. The van der Waals surface area contributed by atoms with Gasteiger partial charge in [-0.25, -0.2) is 0 Å². The van der Waals surface area contributed by atoms with Crippen LogP contribution in [0.1, 0.15) is 117 Å². The largest absolute Gasteiger partial charge is 1.00 e. The van der Waals surface area contributed by atoms with Crippen molar-refractivity contribution < 1.29 is 102 Å². The molecule has 0 heterocycles. The summed E-state index contributed by atoms with van der Waals surface area (Å²) in [6.45, 7) is 4.27. The average Bonchev–Trinajstić information content (AvgIpc) is 2.83. The van der Waals surface area contributed by atoms with E-state index in [-0.39, 0.29) is 84.8 Å². The molecular weight excluding hydrogens is 547 g/mol. The summed E-state index contributed by atoms with van der Waals surface area (Å²) in [5, 5.41) is 2.80. The van der Waals surface area contributed by atoms with Crippen LogP contribution >= 0.6 is 7.82 Å². The van der Waals surface area contributed by atoms with Crippen LogP contribution in [0.5, 0.6) is 0 Å². The van der Waals surface area contributed by atoms with Crippen LogP contribution < -0.4 is 74.2 Å². The first-order valence-electron chi connectivity index (χ1n) is 14.0. The van der Waals surface area contributed by atoms with Crippen LogP contribution in [-0.4, -0.2) is 51.1 Å². The van der Waals surface area contributed by atoms with Crippen molar-refractivity contribution in [2.45, 2.75) is 123 Å². The second-order valence-corrected chi connectivity index (χ2v) is 10.6. The van der Waals surface area contributed by atoms with Crippen molar-refractivity contribution >= 4 is 19.7 Å². The van der Waals surface area contributed by atoms with Gasteiger partial charge in [-0.3, -0.25) is 9.59 Å². The van der Waals surface area contributed by atoms with Gasteiger partial charge < -0.3 is 38.4 Å². The van der Waals surface area contributed by atoms with Crippen LogP contribution in [0.2, 0.25) is 0 Å². The van der Waals surface area contributed by atoms with E-state index < -0.39 is 26.5 Å². The number of unbranched alkanes of at least 4 members (excludes halogenated alkanes) is 13. The smallest absolute Gasteiger partial charge is 0.790 e. The Morgan fingerprint density at radius 1 is 0.769 bits per heavy atom. The van der Waals surface area contributed by atoms with Gasteiger partial charge in [0.1, 0.15) is 12.9 Å². The van der Waals surface area contributed by atoms with Crippen LogP contribution in [0.4, 0.5) is 0 Å². The number of phosphoric ester groups is 1. The SMILES string of the molecule is CCCCCCCCCC(=O)O[C@H](COCOCCCCCCCCCCNC(C)=O)COP(=O)([O-])[O-].[Na+].[Na+]. The molecule has 1 N–H and O–H groups in total. The molecule has 0 aliphatic carbocycles. The van der Waals surface area contributed by atoms with Crippen LogP contribution in [0.15, 0.2) is 0 Å². The Balaban J connectivity index is -0.00000648. The van der Waals surface area contributed by atoms with E-state index in [0.29, 0.717) is 13.0 Å². The Morgan fingerprint density at radius 3 is 1.87 bits per heavy atom. The maximum atomic E-state index is 12.1. The molecule has 0 aliphatic rings. The quantitative estimate of drug-likeness (QED) is 0.0379. The Bertz CT molecular complexity index is 612. The maximum absolute atomic E-state index is 12.1. The van der Waals surface area contributed by atoms with Gasteiger partial charge in [0.15, 0.2) is 0 Å². The number of carbonyl (C=O) groups is 2. The van der Waals surface area contributed by atoms with Crippen molar-refractivity contribution in [3.05, 3.63) is 0 Å². The molecule has 0 saturated heterocycles. The zero-order valence-electron chi connectivity index (χ0n) is 25.0. The Morgan fingerprint density at radius 2 is 1.31 bits per heavy atom. The van der Waals surface area contributed by atoms with E-state index in [9.17, 15) is 23.9 Å². The fourth-order valence-corrected chi connectivity index (χ4v) is 4.06. The van der Waals surface area contributed by atoms with E-state index >= 15 is 0 Å². The predicted molar refractivity (Wildman–Crippen MR) is 138 cm³/mol. The molecule has 13 heteroatoms. The molecule has 0 aromatic heterocycles.